The van der Waals surface area contributed by atoms with Gasteiger partial charge in [0.1, 0.15) is 5.82 Å². The van der Waals surface area contributed by atoms with Crippen LogP contribution < -0.4 is 10.6 Å². The van der Waals surface area contributed by atoms with Crippen molar-refractivity contribution >= 4 is 17.5 Å². The molecule has 0 saturated carbocycles. The van der Waals surface area contributed by atoms with E-state index in [1.54, 1.807) is 50.2 Å². The molecular formula is C18H19FN2O2. The zero-order chi connectivity index (χ0) is 16.8. The fourth-order valence-corrected chi connectivity index (χ4v) is 2.09. The third-order valence-corrected chi connectivity index (χ3v) is 3.41. The first-order chi connectivity index (χ1) is 11.0. The van der Waals surface area contributed by atoms with E-state index in [-0.39, 0.29) is 17.6 Å². The van der Waals surface area contributed by atoms with Crippen LogP contribution in [0.4, 0.5) is 10.1 Å². The summed E-state index contributed by atoms with van der Waals surface area (Å²) in [4.78, 5) is 23.6. The van der Waals surface area contributed by atoms with Gasteiger partial charge < -0.3 is 10.6 Å². The number of hydrogen-bond donors (Lipinski definition) is 2. The second kappa shape index (κ2) is 7.54. The van der Waals surface area contributed by atoms with Crippen molar-refractivity contribution in [3.8, 4) is 0 Å². The molecule has 0 atom stereocenters. The number of hydrogen-bond acceptors (Lipinski definition) is 2. The van der Waals surface area contributed by atoms with E-state index >= 15 is 0 Å². The molecule has 0 aliphatic heterocycles. The molecule has 0 aromatic heterocycles. The quantitative estimate of drug-likeness (QED) is 0.888. The third-order valence-electron chi connectivity index (χ3n) is 3.41. The molecule has 4 nitrogen and oxygen atoms in total. The summed E-state index contributed by atoms with van der Waals surface area (Å²) in [6.07, 6.45) is 0.375. The van der Waals surface area contributed by atoms with Crippen LogP contribution in [0.3, 0.4) is 0 Å². The molecule has 0 heterocycles. The number of halogens is 1. The summed E-state index contributed by atoms with van der Waals surface area (Å²) in [5.41, 5.74) is 2.41. The Bertz CT molecular complexity index is 729. The summed E-state index contributed by atoms with van der Waals surface area (Å²) >= 11 is 0. The van der Waals surface area contributed by atoms with Gasteiger partial charge in [-0.2, -0.15) is 0 Å². The largest absolute Gasteiger partial charge is 0.348 e. The lowest BCUT2D eigenvalue weighted by atomic mass is 10.1. The molecule has 2 rings (SSSR count). The van der Waals surface area contributed by atoms with E-state index in [1.165, 1.54) is 6.07 Å². The Morgan fingerprint density at radius 2 is 1.91 bits per heavy atom. The van der Waals surface area contributed by atoms with Gasteiger partial charge in [0.05, 0.1) is 0 Å². The Hall–Kier alpha value is -2.69. The Morgan fingerprint density at radius 1 is 1.13 bits per heavy atom. The summed E-state index contributed by atoms with van der Waals surface area (Å²) < 4.78 is 13.2. The van der Waals surface area contributed by atoms with Gasteiger partial charge >= 0.3 is 0 Å². The van der Waals surface area contributed by atoms with E-state index in [4.69, 9.17) is 0 Å². The van der Waals surface area contributed by atoms with E-state index in [9.17, 15) is 14.0 Å². The lowest BCUT2D eigenvalue weighted by Gasteiger charge is -2.08. The van der Waals surface area contributed by atoms with E-state index in [0.717, 1.165) is 5.56 Å². The Labute approximate surface area is 134 Å². The molecule has 120 valence electrons. The summed E-state index contributed by atoms with van der Waals surface area (Å²) in [5.74, 6) is -0.622. The van der Waals surface area contributed by atoms with Gasteiger partial charge in [-0.25, -0.2) is 4.39 Å². The minimum Gasteiger partial charge on any atom is -0.348 e. The average molecular weight is 314 g/mol. The molecule has 0 spiro atoms. The van der Waals surface area contributed by atoms with Crippen LogP contribution >= 0.6 is 0 Å². The first kappa shape index (κ1) is 16.7. The Morgan fingerprint density at radius 3 is 2.61 bits per heavy atom. The van der Waals surface area contributed by atoms with Crippen molar-refractivity contribution in [2.75, 3.05) is 5.32 Å². The van der Waals surface area contributed by atoms with Crippen LogP contribution in [0.1, 0.15) is 34.8 Å². The van der Waals surface area contributed by atoms with Gasteiger partial charge in [0.25, 0.3) is 5.91 Å². The molecule has 2 amide bonds. The zero-order valence-electron chi connectivity index (χ0n) is 13.2. The monoisotopic (exact) mass is 314 g/mol. The normalized spacial score (nSPS) is 10.2. The van der Waals surface area contributed by atoms with Crippen molar-refractivity contribution < 1.29 is 14.0 Å². The van der Waals surface area contributed by atoms with Gasteiger partial charge in [-0.1, -0.05) is 25.1 Å². The van der Waals surface area contributed by atoms with Crippen LogP contribution in [-0.4, -0.2) is 11.8 Å². The number of carbonyl (C=O) groups is 2. The van der Waals surface area contributed by atoms with Crippen molar-refractivity contribution in [3.05, 3.63) is 65.0 Å². The van der Waals surface area contributed by atoms with Gasteiger partial charge in [0, 0.05) is 24.2 Å². The van der Waals surface area contributed by atoms with Gasteiger partial charge in [-0.3, -0.25) is 9.59 Å². The van der Waals surface area contributed by atoms with Gasteiger partial charge in [-0.05, 0) is 42.3 Å². The fourth-order valence-electron chi connectivity index (χ4n) is 2.09. The van der Waals surface area contributed by atoms with Crippen LogP contribution in [-0.2, 0) is 11.3 Å². The lowest BCUT2D eigenvalue weighted by Crippen LogP contribution is -2.23. The summed E-state index contributed by atoms with van der Waals surface area (Å²) in [6.45, 7) is 3.75. The molecule has 0 fully saturated rings. The van der Waals surface area contributed by atoms with Crippen molar-refractivity contribution in [2.45, 2.75) is 26.8 Å². The number of anilines is 1. The smallest absolute Gasteiger partial charge is 0.251 e. The number of nitrogens with one attached hydrogen (secondary N) is 2. The molecule has 0 aliphatic rings. The lowest BCUT2D eigenvalue weighted by molar-refractivity contribution is -0.115. The topological polar surface area (TPSA) is 58.2 Å². The van der Waals surface area contributed by atoms with Crippen LogP contribution in [0.25, 0.3) is 0 Å². The minimum atomic E-state index is -0.264. The maximum atomic E-state index is 13.2. The van der Waals surface area contributed by atoms with Crippen molar-refractivity contribution in [1.29, 1.82) is 0 Å². The van der Waals surface area contributed by atoms with Gasteiger partial charge in [0.2, 0.25) is 5.91 Å². The van der Waals surface area contributed by atoms with E-state index < -0.39 is 0 Å². The number of amides is 2. The fraction of sp³-hybridized carbons (Fsp3) is 0.222. The Balaban J connectivity index is 2.01. The third kappa shape index (κ3) is 4.64. The van der Waals surface area contributed by atoms with Gasteiger partial charge in [-0.15, -0.1) is 0 Å². The highest BCUT2D eigenvalue weighted by atomic mass is 19.1. The highest BCUT2D eigenvalue weighted by molar-refractivity contribution is 5.97. The standard InChI is InChI=1S/C18H19FN2O2/c1-3-17(22)21-15-6-4-5-14(10-15)18(23)20-11-13-7-8-16(19)12(2)9-13/h4-10H,3,11H2,1-2H3,(H,20,23)(H,21,22). The first-order valence-electron chi connectivity index (χ1n) is 7.42. The number of aryl methyl sites for hydroxylation is 1. The van der Waals surface area contributed by atoms with E-state index in [2.05, 4.69) is 10.6 Å². The van der Waals surface area contributed by atoms with Crippen molar-refractivity contribution in [3.63, 3.8) is 0 Å². The average Bonchev–Trinajstić information content (AvgIpc) is 2.55. The van der Waals surface area contributed by atoms with E-state index in [0.29, 0.717) is 29.8 Å². The first-order valence-corrected chi connectivity index (χ1v) is 7.42. The van der Waals surface area contributed by atoms with Crippen LogP contribution in [0, 0.1) is 12.7 Å². The molecule has 0 radical (unpaired) electrons. The summed E-state index contributed by atoms with van der Waals surface area (Å²) in [6, 6.07) is 11.5. The van der Waals surface area contributed by atoms with Crippen LogP contribution in [0.5, 0.6) is 0 Å². The second-order valence-corrected chi connectivity index (χ2v) is 5.25. The SMILES string of the molecule is CCC(=O)Nc1cccc(C(=O)NCc2ccc(F)c(C)c2)c1. The molecule has 0 aliphatic carbocycles. The molecule has 23 heavy (non-hydrogen) atoms. The highest BCUT2D eigenvalue weighted by Gasteiger charge is 2.08. The number of carbonyl (C=O) groups excluding carboxylic acids is 2. The molecule has 0 bridgehead atoms. The molecule has 2 N–H and O–H groups in total. The summed E-state index contributed by atoms with van der Waals surface area (Å²) in [5, 5.41) is 5.50. The molecule has 2 aromatic carbocycles. The molecule has 0 saturated heterocycles. The molecule has 2 aromatic rings. The predicted molar refractivity (Wildman–Crippen MR) is 87.7 cm³/mol. The van der Waals surface area contributed by atoms with Gasteiger partial charge in [0.15, 0.2) is 0 Å². The summed E-state index contributed by atoms with van der Waals surface area (Å²) in [7, 11) is 0. The number of benzene rings is 2. The minimum absolute atomic E-state index is 0.107. The maximum Gasteiger partial charge on any atom is 0.251 e. The zero-order valence-corrected chi connectivity index (χ0v) is 13.2. The van der Waals surface area contributed by atoms with Crippen LogP contribution in [0.2, 0.25) is 0 Å². The van der Waals surface area contributed by atoms with E-state index in [1.807, 2.05) is 0 Å². The highest BCUT2D eigenvalue weighted by Crippen LogP contribution is 2.12. The van der Waals surface area contributed by atoms with Crippen LogP contribution in [0.15, 0.2) is 42.5 Å². The molecule has 0 unspecified atom stereocenters. The predicted octanol–water partition coefficient (Wildman–Crippen LogP) is 3.41. The molecule has 5 heteroatoms. The maximum absolute atomic E-state index is 13.2. The second-order valence-electron chi connectivity index (χ2n) is 5.25. The number of rotatable bonds is 5. The Kier molecular flexibility index (Phi) is 5.46. The van der Waals surface area contributed by atoms with Crippen molar-refractivity contribution in [1.82, 2.24) is 5.32 Å². The van der Waals surface area contributed by atoms with Crippen molar-refractivity contribution in [2.24, 2.45) is 0 Å². The molecular weight excluding hydrogens is 295 g/mol.